The molecule has 2 N–H and O–H groups in total. The van der Waals surface area contributed by atoms with E-state index in [0.29, 0.717) is 0 Å². The molecule has 0 radical (unpaired) electrons. The van der Waals surface area contributed by atoms with Gasteiger partial charge in [0.1, 0.15) is 17.5 Å². The molecule has 2 rings (SSSR count). The van der Waals surface area contributed by atoms with Gasteiger partial charge >= 0.3 is 0 Å². The molecule has 0 aliphatic rings. The van der Waals surface area contributed by atoms with Crippen LogP contribution in [0, 0.1) is 11.6 Å². The molecule has 0 unspecified atom stereocenters. The lowest BCUT2D eigenvalue weighted by atomic mass is 10.0. The number of rotatable bonds is 2. The zero-order valence-corrected chi connectivity index (χ0v) is 8.65. The number of benzene rings is 1. The van der Waals surface area contributed by atoms with Crippen molar-refractivity contribution < 1.29 is 13.6 Å². The minimum Gasteiger partial charge on any atom is -0.383 e. The molecule has 1 aromatic heterocycles. The third kappa shape index (κ3) is 2.13. The fraction of sp³-hybridized carbons (Fsp3) is 0. The third-order valence-electron chi connectivity index (χ3n) is 2.26. The highest BCUT2D eigenvalue weighted by atomic mass is 19.1. The summed E-state index contributed by atoms with van der Waals surface area (Å²) in [5.41, 5.74) is 5.19. The van der Waals surface area contributed by atoms with Crippen molar-refractivity contribution in [1.82, 2.24) is 4.98 Å². The molecule has 1 heterocycles. The maximum Gasteiger partial charge on any atom is 0.199 e. The van der Waals surface area contributed by atoms with E-state index in [1.807, 2.05) is 0 Å². The van der Waals surface area contributed by atoms with E-state index in [1.165, 1.54) is 18.3 Å². The van der Waals surface area contributed by atoms with E-state index in [1.54, 1.807) is 0 Å². The molecule has 0 atom stereocenters. The van der Waals surface area contributed by atoms with E-state index in [-0.39, 0.29) is 16.9 Å². The van der Waals surface area contributed by atoms with Gasteiger partial charge in [0, 0.05) is 6.20 Å². The van der Waals surface area contributed by atoms with Crippen LogP contribution in [0.3, 0.4) is 0 Å². The molecule has 0 saturated heterocycles. The van der Waals surface area contributed by atoms with Crippen LogP contribution in [0.15, 0.2) is 36.5 Å². The van der Waals surface area contributed by atoms with Gasteiger partial charge in [-0.15, -0.1) is 0 Å². The van der Waals surface area contributed by atoms with Crippen molar-refractivity contribution in [2.24, 2.45) is 0 Å². The summed E-state index contributed by atoms with van der Waals surface area (Å²) < 4.78 is 26.3. The smallest absolute Gasteiger partial charge is 0.199 e. The maximum absolute atomic E-state index is 13.4. The van der Waals surface area contributed by atoms with E-state index in [4.69, 9.17) is 5.73 Å². The largest absolute Gasteiger partial charge is 0.383 e. The van der Waals surface area contributed by atoms with E-state index < -0.39 is 17.4 Å². The lowest BCUT2D eigenvalue weighted by Gasteiger charge is -2.04. The van der Waals surface area contributed by atoms with Crippen LogP contribution in [0.5, 0.6) is 0 Å². The number of carbonyl (C=O) groups excluding carboxylic acids is 1. The molecule has 5 heteroatoms. The van der Waals surface area contributed by atoms with Crippen molar-refractivity contribution in [3.63, 3.8) is 0 Å². The second kappa shape index (κ2) is 4.29. The Balaban J connectivity index is 2.51. The first-order valence-electron chi connectivity index (χ1n) is 4.80. The molecule has 1 aromatic carbocycles. The summed E-state index contributed by atoms with van der Waals surface area (Å²) in [6.45, 7) is 0. The van der Waals surface area contributed by atoms with Crippen molar-refractivity contribution in [2.75, 3.05) is 5.73 Å². The molecule has 86 valence electrons. The molecule has 0 spiro atoms. The molecule has 0 saturated carbocycles. The zero-order chi connectivity index (χ0) is 12.4. The highest BCUT2D eigenvalue weighted by molar-refractivity contribution is 6.11. The normalized spacial score (nSPS) is 10.2. The number of hydrogen-bond acceptors (Lipinski definition) is 3. The molecule has 0 bridgehead atoms. The average Bonchev–Trinajstić information content (AvgIpc) is 2.32. The summed E-state index contributed by atoms with van der Waals surface area (Å²) in [4.78, 5) is 15.6. The number of nitrogen functional groups attached to an aromatic ring is 1. The van der Waals surface area contributed by atoms with Crippen molar-refractivity contribution in [2.45, 2.75) is 0 Å². The van der Waals surface area contributed by atoms with Gasteiger partial charge in [0.05, 0.1) is 11.1 Å². The predicted molar refractivity (Wildman–Crippen MR) is 58.4 cm³/mol. The summed E-state index contributed by atoms with van der Waals surface area (Å²) in [5.74, 6) is -2.18. The topological polar surface area (TPSA) is 56.0 Å². The Morgan fingerprint density at radius 1 is 1.18 bits per heavy atom. The lowest BCUT2D eigenvalue weighted by Crippen LogP contribution is -2.09. The SMILES string of the molecule is Nc1ncccc1C(=O)c1cc(F)ccc1F. The van der Waals surface area contributed by atoms with Crippen LogP contribution >= 0.6 is 0 Å². The van der Waals surface area contributed by atoms with Crippen molar-refractivity contribution in [1.29, 1.82) is 0 Å². The number of hydrogen-bond donors (Lipinski definition) is 1. The standard InChI is InChI=1S/C12H8F2N2O/c13-7-3-4-10(14)9(6-7)11(17)8-2-1-5-16-12(8)15/h1-6H,(H2,15,16). The van der Waals surface area contributed by atoms with E-state index >= 15 is 0 Å². The summed E-state index contributed by atoms with van der Waals surface area (Å²) in [6, 6.07) is 5.59. The summed E-state index contributed by atoms with van der Waals surface area (Å²) >= 11 is 0. The second-order valence-electron chi connectivity index (χ2n) is 3.39. The number of nitrogens with two attached hydrogens (primary N) is 1. The van der Waals surface area contributed by atoms with Crippen LogP contribution in [-0.4, -0.2) is 10.8 Å². The minimum atomic E-state index is -0.792. The summed E-state index contributed by atoms with van der Waals surface area (Å²) in [5, 5.41) is 0. The van der Waals surface area contributed by atoms with Gasteiger partial charge in [-0.05, 0) is 30.3 Å². The van der Waals surface area contributed by atoms with Crippen LogP contribution < -0.4 is 5.73 Å². The number of anilines is 1. The number of ketones is 1. The Bertz CT molecular complexity index is 584. The number of pyridine rings is 1. The summed E-state index contributed by atoms with van der Waals surface area (Å²) in [6.07, 6.45) is 1.41. The maximum atomic E-state index is 13.4. The molecule has 17 heavy (non-hydrogen) atoms. The van der Waals surface area contributed by atoms with Gasteiger partial charge in [-0.1, -0.05) is 0 Å². The van der Waals surface area contributed by atoms with Gasteiger partial charge in [0.15, 0.2) is 5.78 Å². The minimum absolute atomic E-state index is 0.0128. The van der Waals surface area contributed by atoms with Gasteiger partial charge < -0.3 is 5.73 Å². The Labute approximate surface area is 95.9 Å². The molecule has 0 aliphatic carbocycles. The quantitative estimate of drug-likeness (QED) is 0.810. The molecule has 0 fully saturated rings. The number of nitrogens with zero attached hydrogens (tertiary/aromatic N) is 1. The van der Waals surface area contributed by atoms with Crippen molar-refractivity contribution in [3.05, 3.63) is 59.3 Å². The molecule has 0 amide bonds. The highest BCUT2D eigenvalue weighted by Gasteiger charge is 2.17. The molecular weight excluding hydrogens is 226 g/mol. The Morgan fingerprint density at radius 2 is 1.94 bits per heavy atom. The second-order valence-corrected chi connectivity index (χ2v) is 3.39. The Kier molecular flexibility index (Phi) is 2.82. The number of carbonyl (C=O) groups is 1. The van der Waals surface area contributed by atoms with Gasteiger partial charge in [0.25, 0.3) is 0 Å². The third-order valence-corrected chi connectivity index (χ3v) is 2.26. The number of aromatic nitrogens is 1. The Morgan fingerprint density at radius 3 is 2.65 bits per heavy atom. The summed E-state index contributed by atoms with van der Waals surface area (Å²) in [7, 11) is 0. The van der Waals surface area contributed by atoms with Crippen molar-refractivity contribution in [3.8, 4) is 0 Å². The van der Waals surface area contributed by atoms with Gasteiger partial charge in [-0.2, -0.15) is 0 Å². The molecule has 3 nitrogen and oxygen atoms in total. The van der Waals surface area contributed by atoms with Crippen molar-refractivity contribution >= 4 is 11.6 Å². The van der Waals surface area contributed by atoms with Crippen LogP contribution in [-0.2, 0) is 0 Å². The Hall–Kier alpha value is -2.30. The first-order valence-corrected chi connectivity index (χ1v) is 4.80. The lowest BCUT2D eigenvalue weighted by molar-refractivity contribution is 0.103. The van der Waals surface area contributed by atoms with Gasteiger partial charge in [0.2, 0.25) is 0 Å². The van der Waals surface area contributed by atoms with Gasteiger partial charge in [-0.25, -0.2) is 13.8 Å². The fourth-order valence-corrected chi connectivity index (χ4v) is 1.43. The molecule has 0 aliphatic heterocycles. The average molecular weight is 234 g/mol. The van der Waals surface area contributed by atoms with E-state index in [9.17, 15) is 13.6 Å². The monoisotopic (exact) mass is 234 g/mol. The van der Waals surface area contributed by atoms with E-state index in [2.05, 4.69) is 4.98 Å². The van der Waals surface area contributed by atoms with Crippen LogP contribution in [0.2, 0.25) is 0 Å². The molecular formula is C12H8F2N2O. The molecule has 2 aromatic rings. The van der Waals surface area contributed by atoms with Crippen LogP contribution in [0.4, 0.5) is 14.6 Å². The van der Waals surface area contributed by atoms with E-state index in [0.717, 1.165) is 18.2 Å². The first kappa shape index (κ1) is 11.2. The zero-order valence-electron chi connectivity index (χ0n) is 8.65. The predicted octanol–water partition coefficient (Wildman–Crippen LogP) is 2.17. The highest BCUT2D eigenvalue weighted by Crippen LogP contribution is 2.17. The van der Waals surface area contributed by atoms with Crippen LogP contribution in [0.25, 0.3) is 0 Å². The fourth-order valence-electron chi connectivity index (χ4n) is 1.43. The van der Waals surface area contributed by atoms with Gasteiger partial charge in [-0.3, -0.25) is 4.79 Å². The number of halogens is 2. The first-order chi connectivity index (χ1) is 8.09. The van der Waals surface area contributed by atoms with Crippen LogP contribution in [0.1, 0.15) is 15.9 Å².